The fourth-order valence-corrected chi connectivity index (χ4v) is 2.53. The quantitative estimate of drug-likeness (QED) is 0.736. The van der Waals surface area contributed by atoms with Crippen LogP contribution in [0.15, 0.2) is 34.9 Å². The largest absolute Gasteiger partial charge is 0.439 e. The van der Waals surface area contributed by atoms with Gasteiger partial charge in [0.15, 0.2) is 0 Å². The fourth-order valence-electron chi connectivity index (χ4n) is 2.15. The van der Waals surface area contributed by atoms with E-state index in [2.05, 4.69) is 45.8 Å². The first kappa shape index (κ1) is 13.6. The van der Waals surface area contributed by atoms with Crippen LogP contribution in [0.25, 0.3) is 0 Å². The van der Waals surface area contributed by atoms with Crippen molar-refractivity contribution in [3.63, 3.8) is 0 Å². The van der Waals surface area contributed by atoms with E-state index in [1.165, 1.54) is 18.4 Å². The Kier molecular flexibility index (Phi) is 3.74. The molecule has 0 N–H and O–H groups in total. The van der Waals surface area contributed by atoms with E-state index >= 15 is 0 Å². The molecule has 4 heteroatoms. The molecule has 1 aromatic carbocycles. The van der Waals surface area contributed by atoms with Gasteiger partial charge in [-0.25, -0.2) is 4.98 Å². The van der Waals surface area contributed by atoms with Crippen LogP contribution < -0.4 is 4.74 Å². The first-order valence-electron chi connectivity index (χ1n) is 6.94. The number of halogens is 1. The molecule has 0 bridgehead atoms. The van der Waals surface area contributed by atoms with Crippen LogP contribution in [0.3, 0.4) is 0 Å². The van der Waals surface area contributed by atoms with Gasteiger partial charge >= 0.3 is 0 Å². The zero-order valence-electron chi connectivity index (χ0n) is 11.6. The average molecular weight is 333 g/mol. The highest BCUT2D eigenvalue weighted by Crippen LogP contribution is 2.39. The first-order valence-corrected chi connectivity index (χ1v) is 7.74. The Morgan fingerprint density at radius 1 is 1.20 bits per heavy atom. The van der Waals surface area contributed by atoms with E-state index in [1.54, 1.807) is 0 Å². The molecule has 104 valence electrons. The van der Waals surface area contributed by atoms with E-state index in [-0.39, 0.29) is 0 Å². The normalized spacial score (nSPS) is 14.6. The molecule has 3 rings (SSSR count). The summed E-state index contributed by atoms with van der Waals surface area (Å²) in [6, 6.07) is 9.93. The van der Waals surface area contributed by atoms with E-state index < -0.39 is 0 Å². The van der Waals surface area contributed by atoms with Crippen LogP contribution >= 0.6 is 15.9 Å². The molecule has 0 spiro atoms. The number of para-hydroxylation sites is 1. The number of hydrogen-bond donors (Lipinski definition) is 0. The Morgan fingerprint density at radius 3 is 2.65 bits per heavy atom. The van der Waals surface area contributed by atoms with Gasteiger partial charge in [-0.05, 0) is 46.3 Å². The van der Waals surface area contributed by atoms with Crippen molar-refractivity contribution in [3.05, 3.63) is 46.3 Å². The average Bonchev–Trinajstić information content (AvgIpc) is 3.22. The minimum Gasteiger partial charge on any atom is -0.439 e. The van der Waals surface area contributed by atoms with Gasteiger partial charge in [0.05, 0.1) is 0 Å². The van der Waals surface area contributed by atoms with Gasteiger partial charge in [-0.2, -0.15) is 4.98 Å². The number of ether oxygens (including phenoxy) is 1. The van der Waals surface area contributed by atoms with Gasteiger partial charge in [0.2, 0.25) is 5.88 Å². The molecular formula is C16H17BrN2O. The van der Waals surface area contributed by atoms with Gasteiger partial charge in [0, 0.05) is 12.0 Å². The first-order chi connectivity index (χ1) is 9.63. The van der Waals surface area contributed by atoms with Crippen molar-refractivity contribution < 1.29 is 4.74 Å². The topological polar surface area (TPSA) is 35.0 Å². The van der Waals surface area contributed by atoms with Crippen LogP contribution in [0, 0.1) is 0 Å². The lowest BCUT2D eigenvalue weighted by Gasteiger charge is -2.13. The zero-order valence-corrected chi connectivity index (χ0v) is 13.2. The third kappa shape index (κ3) is 3.01. The maximum atomic E-state index is 5.99. The van der Waals surface area contributed by atoms with Gasteiger partial charge in [0.1, 0.15) is 16.2 Å². The van der Waals surface area contributed by atoms with Gasteiger partial charge in [-0.1, -0.05) is 32.0 Å². The van der Waals surface area contributed by atoms with Crippen molar-refractivity contribution >= 4 is 15.9 Å². The van der Waals surface area contributed by atoms with Crippen molar-refractivity contribution in [1.29, 1.82) is 0 Å². The van der Waals surface area contributed by atoms with E-state index in [1.807, 2.05) is 24.3 Å². The molecule has 3 nitrogen and oxygen atoms in total. The Morgan fingerprint density at radius 2 is 1.95 bits per heavy atom. The molecule has 1 fully saturated rings. The zero-order chi connectivity index (χ0) is 14.1. The minimum atomic E-state index is 0.416. The van der Waals surface area contributed by atoms with Crippen LogP contribution in [0.2, 0.25) is 0 Å². The minimum absolute atomic E-state index is 0.416. The van der Waals surface area contributed by atoms with Crippen molar-refractivity contribution in [1.82, 2.24) is 9.97 Å². The molecule has 0 atom stereocenters. The molecule has 0 unspecified atom stereocenters. The standard InChI is InChI=1S/C16H17BrN2O/c1-10(2)12-5-3-4-6-13(12)20-15-9-14(17)18-16(19-15)11-7-8-11/h3-6,9-11H,7-8H2,1-2H3. The third-order valence-electron chi connectivity index (χ3n) is 3.39. The summed E-state index contributed by atoms with van der Waals surface area (Å²) in [6.07, 6.45) is 2.36. The molecule has 0 amide bonds. The molecule has 2 aromatic rings. The molecule has 1 aliphatic rings. The van der Waals surface area contributed by atoms with Crippen molar-refractivity contribution in [2.24, 2.45) is 0 Å². The Balaban J connectivity index is 1.91. The number of hydrogen-bond acceptors (Lipinski definition) is 3. The van der Waals surface area contributed by atoms with Crippen LogP contribution in [-0.2, 0) is 0 Å². The van der Waals surface area contributed by atoms with Gasteiger partial charge in [-0.15, -0.1) is 0 Å². The highest BCUT2D eigenvalue weighted by molar-refractivity contribution is 9.10. The second-order valence-corrected chi connectivity index (χ2v) is 6.27. The Hall–Kier alpha value is -1.42. The summed E-state index contributed by atoms with van der Waals surface area (Å²) in [7, 11) is 0. The smallest absolute Gasteiger partial charge is 0.223 e. The summed E-state index contributed by atoms with van der Waals surface area (Å²) in [4.78, 5) is 8.95. The van der Waals surface area contributed by atoms with Crippen molar-refractivity contribution in [2.45, 2.75) is 38.5 Å². The molecule has 1 aliphatic carbocycles. The summed E-state index contributed by atoms with van der Waals surface area (Å²) < 4.78 is 6.77. The van der Waals surface area contributed by atoms with Crippen molar-refractivity contribution in [3.8, 4) is 11.6 Å². The summed E-state index contributed by atoms with van der Waals surface area (Å²) in [5.41, 5.74) is 1.19. The maximum absolute atomic E-state index is 5.99. The lowest BCUT2D eigenvalue weighted by Crippen LogP contribution is -1.99. The molecule has 20 heavy (non-hydrogen) atoms. The van der Waals surface area contributed by atoms with Crippen molar-refractivity contribution in [2.75, 3.05) is 0 Å². The number of rotatable bonds is 4. The Labute approximate surface area is 127 Å². The van der Waals surface area contributed by atoms with E-state index in [0.29, 0.717) is 17.7 Å². The lowest BCUT2D eigenvalue weighted by atomic mass is 10.0. The molecular weight excluding hydrogens is 316 g/mol. The highest BCUT2D eigenvalue weighted by atomic mass is 79.9. The van der Waals surface area contributed by atoms with Crippen LogP contribution in [0.4, 0.5) is 0 Å². The van der Waals surface area contributed by atoms with E-state index in [9.17, 15) is 0 Å². The Bertz CT molecular complexity index is 624. The van der Waals surface area contributed by atoms with E-state index in [0.717, 1.165) is 16.2 Å². The predicted octanol–water partition coefficient (Wildman–Crippen LogP) is 5.03. The second kappa shape index (κ2) is 5.52. The van der Waals surface area contributed by atoms with Crippen LogP contribution in [-0.4, -0.2) is 9.97 Å². The molecule has 1 heterocycles. The summed E-state index contributed by atoms with van der Waals surface area (Å²) in [5, 5.41) is 0. The fraction of sp³-hybridized carbons (Fsp3) is 0.375. The highest BCUT2D eigenvalue weighted by Gasteiger charge is 2.27. The second-order valence-electron chi connectivity index (χ2n) is 5.46. The molecule has 1 saturated carbocycles. The lowest BCUT2D eigenvalue weighted by molar-refractivity contribution is 0.449. The number of benzene rings is 1. The number of nitrogens with zero attached hydrogens (tertiary/aromatic N) is 2. The van der Waals surface area contributed by atoms with Gasteiger partial charge in [-0.3, -0.25) is 0 Å². The molecule has 0 radical (unpaired) electrons. The summed E-state index contributed by atoms with van der Waals surface area (Å²) >= 11 is 3.44. The SMILES string of the molecule is CC(C)c1ccccc1Oc1cc(Br)nc(C2CC2)n1. The maximum Gasteiger partial charge on any atom is 0.223 e. The van der Waals surface area contributed by atoms with E-state index in [4.69, 9.17) is 4.74 Å². The van der Waals surface area contributed by atoms with Crippen LogP contribution in [0.5, 0.6) is 11.6 Å². The molecule has 1 aromatic heterocycles. The molecule has 0 saturated heterocycles. The summed E-state index contributed by atoms with van der Waals surface area (Å²) in [6.45, 7) is 4.32. The summed E-state index contributed by atoms with van der Waals surface area (Å²) in [5.74, 6) is 3.29. The third-order valence-corrected chi connectivity index (χ3v) is 3.79. The number of aromatic nitrogens is 2. The van der Waals surface area contributed by atoms with Gasteiger partial charge < -0.3 is 4.74 Å². The predicted molar refractivity (Wildman–Crippen MR) is 82.3 cm³/mol. The van der Waals surface area contributed by atoms with Crippen LogP contribution in [0.1, 0.15) is 49.9 Å². The molecule has 0 aliphatic heterocycles. The van der Waals surface area contributed by atoms with Gasteiger partial charge in [0.25, 0.3) is 0 Å². The monoisotopic (exact) mass is 332 g/mol.